The highest BCUT2D eigenvalue weighted by atomic mass is 19.1. The Morgan fingerprint density at radius 1 is 0.912 bits per heavy atom. The molecule has 1 N–H and O–H groups in total. The minimum Gasteiger partial charge on any atom is -0.366 e. The molecule has 2 heterocycles. The summed E-state index contributed by atoms with van der Waals surface area (Å²) in [6.45, 7) is 7.28. The summed E-state index contributed by atoms with van der Waals surface area (Å²) >= 11 is 0. The number of benzene rings is 2. The van der Waals surface area contributed by atoms with E-state index in [2.05, 4.69) is 15.1 Å². The quantitative estimate of drug-likeness (QED) is 0.701. The van der Waals surface area contributed by atoms with Gasteiger partial charge in [0.15, 0.2) is 0 Å². The number of hydrogen-bond acceptors (Lipinski definition) is 5. The fourth-order valence-electron chi connectivity index (χ4n) is 4.48. The lowest BCUT2D eigenvalue weighted by Gasteiger charge is -2.39. The maximum absolute atomic E-state index is 14.0. The van der Waals surface area contributed by atoms with Gasteiger partial charge in [0.1, 0.15) is 11.6 Å². The van der Waals surface area contributed by atoms with Crippen molar-refractivity contribution < 1.29 is 18.4 Å². The van der Waals surface area contributed by atoms with Crippen molar-refractivity contribution in [2.24, 2.45) is 0 Å². The fourth-order valence-corrected chi connectivity index (χ4v) is 4.48. The van der Waals surface area contributed by atoms with Crippen LogP contribution in [0.3, 0.4) is 0 Å². The van der Waals surface area contributed by atoms with Crippen molar-refractivity contribution in [3.63, 3.8) is 0 Å². The van der Waals surface area contributed by atoms with Crippen molar-refractivity contribution in [1.29, 1.82) is 0 Å². The molecule has 7 nitrogen and oxygen atoms in total. The predicted octanol–water partition coefficient (Wildman–Crippen LogP) is 2.26. The number of halogens is 2. The first-order valence-corrected chi connectivity index (χ1v) is 11.7. The number of carbonyl (C=O) groups excluding carboxylic acids is 2. The average Bonchev–Trinajstić information content (AvgIpc) is 2.84. The van der Waals surface area contributed by atoms with Gasteiger partial charge in [0.25, 0.3) is 0 Å². The van der Waals surface area contributed by atoms with Gasteiger partial charge in [0.05, 0.1) is 18.3 Å². The van der Waals surface area contributed by atoms with Crippen LogP contribution in [-0.4, -0.2) is 91.5 Å². The molecule has 9 heteroatoms. The molecule has 0 aromatic heterocycles. The Bertz CT molecular complexity index is 1000. The third kappa shape index (κ3) is 5.90. The minimum atomic E-state index is -0.391. The lowest BCUT2D eigenvalue weighted by atomic mass is 10.2. The summed E-state index contributed by atoms with van der Waals surface area (Å²) < 4.78 is 27.4. The maximum Gasteiger partial charge on any atom is 0.241 e. The van der Waals surface area contributed by atoms with Gasteiger partial charge >= 0.3 is 0 Å². The summed E-state index contributed by atoms with van der Waals surface area (Å²) in [5, 5.41) is 2.76. The lowest BCUT2D eigenvalue weighted by molar-refractivity contribution is -0.133. The van der Waals surface area contributed by atoms with E-state index in [4.69, 9.17) is 0 Å². The number of piperazine rings is 2. The zero-order valence-corrected chi connectivity index (χ0v) is 19.4. The van der Waals surface area contributed by atoms with E-state index < -0.39 is 5.82 Å². The van der Waals surface area contributed by atoms with Crippen molar-refractivity contribution >= 4 is 23.2 Å². The first-order valence-electron chi connectivity index (χ1n) is 11.7. The van der Waals surface area contributed by atoms with E-state index >= 15 is 0 Å². The number of amides is 2. The first-order chi connectivity index (χ1) is 16.4. The summed E-state index contributed by atoms with van der Waals surface area (Å²) in [7, 11) is 0. The zero-order valence-electron chi connectivity index (χ0n) is 19.4. The normalized spacial score (nSPS) is 18.6. The van der Waals surface area contributed by atoms with E-state index in [0.717, 1.165) is 0 Å². The van der Waals surface area contributed by atoms with Gasteiger partial charge in [0, 0.05) is 58.0 Å². The van der Waals surface area contributed by atoms with Crippen LogP contribution in [0, 0.1) is 11.6 Å². The Labute approximate surface area is 198 Å². The molecular formula is C25H31F2N5O2. The van der Waals surface area contributed by atoms with Gasteiger partial charge in [-0.3, -0.25) is 19.4 Å². The Morgan fingerprint density at radius 3 is 2.29 bits per heavy atom. The van der Waals surface area contributed by atoms with Crippen molar-refractivity contribution in [1.82, 2.24) is 14.7 Å². The number of nitrogens with zero attached hydrogens (tertiary/aromatic N) is 4. The molecule has 2 aromatic carbocycles. The van der Waals surface area contributed by atoms with Crippen molar-refractivity contribution in [3.8, 4) is 0 Å². The fraction of sp³-hybridized carbons (Fsp3) is 0.440. The SMILES string of the molecule is CC(C(=O)Nc1cccc(F)c1)N1CCN(CC(=O)N2CCN(c3ccccc3F)CC2)CC1. The van der Waals surface area contributed by atoms with Crippen LogP contribution in [-0.2, 0) is 9.59 Å². The molecule has 0 radical (unpaired) electrons. The van der Waals surface area contributed by atoms with Crippen molar-refractivity contribution in [2.45, 2.75) is 13.0 Å². The monoisotopic (exact) mass is 471 g/mol. The molecule has 2 fully saturated rings. The summed E-state index contributed by atoms with van der Waals surface area (Å²) in [4.78, 5) is 33.4. The molecule has 4 rings (SSSR count). The number of anilines is 2. The molecule has 2 amide bonds. The third-order valence-corrected chi connectivity index (χ3v) is 6.61. The summed E-state index contributed by atoms with van der Waals surface area (Å²) in [5.74, 6) is -0.724. The molecule has 2 saturated heterocycles. The second kappa shape index (κ2) is 10.9. The number of carbonyl (C=O) groups is 2. The smallest absolute Gasteiger partial charge is 0.241 e. The Morgan fingerprint density at radius 2 is 1.62 bits per heavy atom. The standard InChI is InChI=1S/C25H31F2N5O2/c1-19(25(34)28-21-6-4-5-20(26)17-21)30-11-9-29(10-12-30)18-24(33)32-15-13-31(14-16-32)23-8-3-2-7-22(23)27/h2-8,17,19H,9-16,18H2,1H3,(H,28,34). The van der Waals surface area contributed by atoms with Crippen molar-refractivity contribution in [2.75, 3.05) is 69.1 Å². The van der Waals surface area contributed by atoms with Crippen LogP contribution in [0.2, 0.25) is 0 Å². The van der Waals surface area contributed by atoms with E-state index in [1.807, 2.05) is 22.8 Å². The van der Waals surface area contributed by atoms with Crippen LogP contribution in [0.5, 0.6) is 0 Å². The number of para-hydroxylation sites is 1. The van der Waals surface area contributed by atoms with Crippen LogP contribution >= 0.6 is 0 Å². The minimum absolute atomic E-state index is 0.0820. The predicted molar refractivity (Wildman–Crippen MR) is 128 cm³/mol. The molecule has 34 heavy (non-hydrogen) atoms. The van der Waals surface area contributed by atoms with Gasteiger partial charge in [-0.2, -0.15) is 0 Å². The van der Waals surface area contributed by atoms with Gasteiger partial charge in [0.2, 0.25) is 11.8 Å². The van der Waals surface area contributed by atoms with Crippen molar-refractivity contribution in [3.05, 3.63) is 60.2 Å². The Balaban J connectivity index is 1.20. The van der Waals surface area contributed by atoms with Gasteiger partial charge in [-0.05, 0) is 37.3 Å². The van der Waals surface area contributed by atoms with Crippen LogP contribution < -0.4 is 10.2 Å². The second-order valence-electron chi connectivity index (χ2n) is 8.81. The largest absolute Gasteiger partial charge is 0.366 e. The van der Waals surface area contributed by atoms with Crippen LogP contribution in [0.25, 0.3) is 0 Å². The van der Waals surface area contributed by atoms with E-state index in [9.17, 15) is 18.4 Å². The summed E-state index contributed by atoms with van der Waals surface area (Å²) in [6.07, 6.45) is 0. The third-order valence-electron chi connectivity index (χ3n) is 6.61. The van der Waals surface area contributed by atoms with E-state index in [1.165, 1.54) is 18.2 Å². The topological polar surface area (TPSA) is 59.1 Å². The molecule has 2 aromatic rings. The highest BCUT2D eigenvalue weighted by molar-refractivity contribution is 5.94. The van der Waals surface area contributed by atoms with Crippen LogP contribution in [0.1, 0.15) is 6.92 Å². The zero-order chi connectivity index (χ0) is 24.1. The van der Waals surface area contributed by atoms with Gasteiger partial charge < -0.3 is 15.1 Å². The van der Waals surface area contributed by atoms with E-state index in [0.29, 0.717) is 70.3 Å². The molecule has 0 aliphatic carbocycles. The van der Waals surface area contributed by atoms with Gasteiger partial charge in [-0.15, -0.1) is 0 Å². The lowest BCUT2D eigenvalue weighted by Crippen LogP contribution is -2.56. The number of rotatable bonds is 6. The molecule has 0 bridgehead atoms. The highest BCUT2D eigenvalue weighted by Gasteiger charge is 2.28. The molecule has 0 saturated carbocycles. The molecule has 2 aliphatic rings. The molecule has 1 unspecified atom stereocenters. The summed E-state index contributed by atoms with van der Waals surface area (Å²) in [5.41, 5.74) is 1.03. The summed E-state index contributed by atoms with van der Waals surface area (Å²) in [6, 6.07) is 12.2. The molecule has 2 aliphatic heterocycles. The molecule has 1 atom stereocenters. The second-order valence-corrected chi connectivity index (χ2v) is 8.81. The Hall–Kier alpha value is -3.04. The van der Waals surface area contributed by atoms with Gasteiger partial charge in [-0.25, -0.2) is 8.78 Å². The molecular weight excluding hydrogens is 440 g/mol. The van der Waals surface area contributed by atoms with E-state index in [1.54, 1.807) is 24.3 Å². The Kier molecular flexibility index (Phi) is 7.74. The number of nitrogens with one attached hydrogen (secondary N) is 1. The van der Waals surface area contributed by atoms with Crippen LogP contribution in [0.4, 0.5) is 20.2 Å². The molecule has 0 spiro atoms. The van der Waals surface area contributed by atoms with Crippen LogP contribution in [0.15, 0.2) is 48.5 Å². The average molecular weight is 472 g/mol. The first kappa shape index (κ1) is 24.1. The highest BCUT2D eigenvalue weighted by Crippen LogP contribution is 2.20. The van der Waals surface area contributed by atoms with Gasteiger partial charge in [-0.1, -0.05) is 18.2 Å². The van der Waals surface area contributed by atoms with E-state index in [-0.39, 0.29) is 23.7 Å². The number of hydrogen-bond donors (Lipinski definition) is 1. The molecule has 182 valence electrons. The maximum atomic E-state index is 14.0.